The van der Waals surface area contributed by atoms with E-state index >= 15 is 0 Å². The third-order valence-electron chi connectivity index (χ3n) is 4.46. The fourth-order valence-corrected chi connectivity index (χ4v) is 2.94. The monoisotopic (exact) mass is 395 g/mol. The first-order valence-corrected chi connectivity index (χ1v) is 9.57. The molecule has 2 rings (SSSR count). The molecule has 29 heavy (non-hydrogen) atoms. The lowest BCUT2D eigenvalue weighted by atomic mass is 9.86. The minimum absolute atomic E-state index is 0.0648. The van der Waals surface area contributed by atoms with Gasteiger partial charge in [-0.3, -0.25) is 14.4 Å². The Labute approximate surface area is 172 Å². The van der Waals surface area contributed by atoms with Crippen molar-refractivity contribution in [3.8, 4) is 0 Å². The molecule has 0 heterocycles. The molecular weight excluding hydrogens is 366 g/mol. The SMILES string of the molecule is CC(=O)Nc1cc(NC(C)=O)cc(C(=O)NC(C)c2ccc(C(C)(C)C)cc2)c1. The van der Waals surface area contributed by atoms with Crippen LogP contribution in [-0.2, 0) is 15.0 Å². The van der Waals surface area contributed by atoms with Gasteiger partial charge >= 0.3 is 0 Å². The zero-order valence-corrected chi connectivity index (χ0v) is 17.8. The summed E-state index contributed by atoms with van der Waals surface area (Å²) in [6, 6.07) is 12.7. The Bertz CT molecular complexity index is 878. The van der Waals surface area contributed by atoms with Crippen LogP contribution in [0.2, 0.25) is 0 Å². The number of anilines is 2. The van der Waals surface area contributed by atoms with Crippen molar-refractivity contribution in [1.29, 1.82) is 0 Å². The summed E-state index contributed by atoms with van der Waals surface area (Å²) in [5, 5.41) is 8.26. The summed E-state index contributed by atoms with van der Waals surface area (Å²) in [7, 11) is 0. The van der Waals surface area contributed by atoms with Crippen molar-refractivity contribution in [3.63, 3.8) is 0 Å². The predicted molar refractivity (Wildman–Crippen MR) is 116 cm³/mol. The number of nitrogens with one attached hydrogen (secondary N) is 3. The molecule has 2 aromatic carbocycles. The van der Waals surface area contributed by atoms with Gasteiger partial charge in [0.15, 0.2) is 0 Å². The van der Waals surface area contributed by atoms with Gasteiger partial charge in [-0.1, -0.05) is 45.0 Å². The molecule has 0 aromatic heterocycles. The van der Waals surface area contributed by atoms with Crippen LogP contribution in [0.3, 0.4) is 0 Å². The molecule has 0 aliphatic carbocycles. The molecule has 3 amide bonds. The molecule has 2 aromatic rings. The fraction of sp³-hybridized carbons (Fsp3) is 0.348. The molecule has 0 radical (unpaired) electrons. The minimum atomic E-state index is -0.295. The Morgan fingerprint density at radius 1 is 0.828 bits per heavy atom. The van der Waals surface area contributed by atoms with Gasteiger partial charge in [-0.2, -0.15) is 0 Å². The molecule has 0 fully saturated rings. The maximum Gasteiger partial charge on any atom is 0.251 e. The normalized spacial score (nSPS) is 12.1. The third-order valence-corrected chi connectivity index (χ3v) is 4.46. The third kappa shape index (κ3) is 6.45. The molecule has 0 aliphatic heterocycles. The number of rotatable bonds is 5. The van der Waals surface area contributed by atoms with Crippen molar-refractivity contribution >= 4 is 29.1 Å². The number of benzene rings is 2. The topological polar surface area (TPSA) is 87.3 Å². The van der Waals surface area contributed by atoms with Crippen LogP contribution in [0.5, 0.6) is 0 Å². The van der Waals surface area contributed by atoms with Crippen LogP contribution in [0.4, 0.5) is 11.4 Å². The highest BCUT2D eigenvalue weighted by Crippen LogP contribution is 2.24. The number of hydrogen-bond donors (Lipinski definition) is 3. The molecule has 154 valence electrons. The fourth-order valence-electron chi connectivity index (χ4n) is 2.94. The minimum Gasteiger partial charge on any atom is -0.346 e. The average Bonchev–Trinajstić information content (AvgIpc) is 2.59. The molecule has 1 atom stereocenters. The van der Waals surface area contributed by atoms with E-state index in [-0.39, 0.29) is 29.2 Å². The van der Waals surface area contributed by atoms with E-state index in [0.717, 1.165) is 5.56 Å². The van der Waals surface area contributed by atoms with E-state index in [0.29, 0.717) is 16.9 Å². The van der Waals surface area contributed by atoms with E-state index < -0.39 is 0 Å². The molecule has 0 bridgehead atoms. The van der Waals surface area contributed by atoms with Crippen molar-refractivity contribution in [3.05, 3.63) is 59.2 Å². The number of hydrogen-bond acceptors (Lipinski definition) is 3. The summed E-state index contributed by atoms with van der Waals surface area (Å²) < 4.78 is 0. The van der Waals surface area contributed by atoms with Gasteiger partial charge in [0.2, 0.25) is 11.8 Å². The number of carbonyl (C=O) groups excluding carboxylic acids is 3. The lowest BCUT2D eigenvalue weighted by molar-refractivity contribution is -0.115. The Morgan fingerprint density at radius 2 is 1.31 bits per heavy atom. The lowest BCUT2D eigenvalue weighted by Gasteiger charge is -2.21. The first-order chi connectivity index (χ1) is 13.5. The van der Waals surface area contributed by atoms with E-state index in [4.69, 9.17) is 0 Å². The predicted octanol–water partition coefficient (Wildman–Crippen LogP) is 4.39. The molecule has 6 nitrogen and oxygen atoms in total. The Balaban J connectivity index is 2.22. The molecule has 3 N–H and O–H groups in total. The zero-order chi connectivity index (χ0) is 21.8. The quantitative estimate of drug-likeness (QED) is 0.701. The first kappa shape index (κ1) is 22.1. The summed E-state index contributed by atoms with van der Waals surface area (Å²) in [4.78, 5) is 35.6. The summed E-state index contributed by atoms with van der Waals surface area (Å²) >= 11 is 0. The van der Waals surface area contributed by atoms with Crippen molar-refractivity contribution in [2.45, 2.75) is 53.0 Å². The Hall–Kier alpha value is -3.15. The van der Waals surface area contributed by atoms with E-state index in [9.17, 15) is 14.4 Å². The second kappa shape index (κ2) is 8.90. The maximum absolute atomic E-state index is 12.8. The van der Waals surface area contributed by atoms with Crippen LogP contribution in [0, 0.1) is 0 Å². The van der Waals surface area contributed by atoms with Crippen molar-refractivity contribution in [2.24, 2.45) is 0 Å². The van der Waals surface area contributed by atoms with E-state index in [1.54, 1.807) is 18.2 Å². The van der Waals surface area contributed by atoms with Gasteiger partial charge in [0.05, 0.1) is 6.04 Å². The van der Waals surface area contributed by atoms with Gasteiger partial charge in [0, 0.05) is 30.8 Å². The molecular formula is C23H29N3O3. The smallest absolute Gasteiger partial charge is 0.251 e. The van der Waals surface area contributed by atoms with Gasteiger partial charge in [0.1, 0.15) is 0 Å². The summed E-state index contributed by atoms with van der Waals surface area (Å²) in [6.45, 7) is 11.1. The number of carbonyl (C=O) groups is 3. The van der Waals surface area contributed by atoms with Crippen LogP contribution >= 0.6 is 0 Å². The van der Waals surface area contributed by atoms with Crippen molar-refractivity contribution in [1.82, 2.24) is 5.32 Å². The molecule has 0 aliphatic rings. The molecule has 6 heteroatoms. The van der Waals surface area contributed by atoms with Crippen LogP contribution in [0.15, 0.2) is 42.5 Å². The maximum atomic E-state index is 12.8. The van der Waals surface area contributed by atoms with Crippen LogP contribution in [-0.4, -0.2) is 17.7 Å². The van der Waals surface area contributed by atoms with Crippen LogP contribution in [0.1, 0.15) is 69.1 Å². The second-order valence-electron chi connectivity index (χ2n) is 8.23. The Kier molecular flexibility index (Phi) is 6.80. The second-order valence-corrected chi connectivity index (χ2v) is 8.23. The highest BCUT2D eigenvalue weighted by Gasteiger charge is 2.16. The van der Waals surface area contributed by atoms with E-state index in [1.165, 1.54) is 19.4 Å². The summed E-state index contributed by atoms with van der Waals surface area (Å²) in [5.74, 6) is -0.816. The molecule has 0 saturated carbocycles. The molecule has 0 saturated heterocycles. The van der Waals surface area contributed by atoms with Crippen molar-refractivity contribution < 1.29 is 14.4 Å². The zero-order valence-electron chi connectivity index (χ0n) is 17.8. The van der Waals surface area contributed by atoms with Gasteiger partial charge in [0.25, 0.3) is 5.91 Å². The van der Waals surface area contributed by atoms with Gasteiger partial charge in [-0.15, -0.1) is 0 Å². The molecule has 1 unspecified atom stereocenters. The number of amides is 3. The van der Waals surface area contributed by atoms with Gasteiger partial charge in [-0.25, -0.2) is 0 Å². The van der Waals surface area contributed by atoms with E-state index in [2.05, 4.69) is 48.9 Å². The lowest BCUT2D eigenvalue weighted by Crippen LogP contribution is -2.27. The van der Waals surface area contributed by atoms with Crippen LogP contribution < -0.4 is 16.0 Å². The summed E-state index contributed by atoms with van der Waals surface area (Å²) in [5.41, 5.74) is 3.51. The Morgan fingerprint density at radius 3 is 1.72 bits per heavy atom. The standard InChI is InChI=1S/C23H29N3O3/c1-14(17-7-9-19(10-8-17)23(4,5)6)24-22(29)18-11-20(25-15(2)27)13-21(12-18)26-16(3)28/h7-14H,1-6H3,(H,24,29)(H,25,27)(H,26,28). The van der Waals surface area contributed by atoms with E-state index in [1.807, 2.05) is 19.1 Å². The summed E-state index contributed by atoms with van der Waals surface area (Å²) in [6.07, 6.45) is 0. The van der Waals surface area contributed by atoms with Crippen LogP contribution in [0.25, 0.3) is 0 Å². The first-order valence-electron chi connectivity index (χ1n) is 9.57. The largest absolute Gasteiger partial charge is 0.346 e. The van der Waals surface area contributed by atoms with Gasteiger partial charge in [-0.05, 0) is 41.7 Å². The highest BCUT2D eigenvalue weighted by atomic mass is 16.2. The van der Waals surface area contributed by atoms with Gasteiger partial charge < -0.3 is 16.0 Å². The molecule has 0 spiro atoms. The van der Waals surface area contributed by atoms with Crippen molar-refractivity contribution in [2.75, 3.05) is 10.6 Å². The average molecular weight is 396 g/mol. The highest BCUT2D eigenvalue weighted by molar-refractivity contribution is 6.00.